The Hall–Kier alpha value is -0.990. The van der Waals surface area contributed by atoms with Crippen molar-refractivity contribution in [2.75, 3.05) is 19.7 Å². The Kier molecular flexibility index (Phi) is 5.22. The highest BCUT2D eigenvalue weighted by Crippen LogP contribution is 2.23. The fourth-order valence-electron chi connectivity index (χ4n) is 1.09. The smallest absolute Gasteiger partial charge is 0.138 e. The molecule has 2 nitrogen and oxygen atoms in total. The predicted molar refractivity (Wildman–Crippen MR) is 64.6 cm³/mol. The van der Waals surface area contributed by atoms with Gasteiger partial charge in [-0.1, -0.05) is 37.2 Å². The normalized spacial score (nSPS) is 10.0. The van der Waals surface area contributed by atoms with E-state index in [2.05, 4.69) is 18.8 Å². The van der Waals surface area contributed by atoms with E-state index in [0.29, 0.717) is 17.4 Å². The van der Waals surface area contributed by atoms with Crippen LogP contribution in [0.2, 0.25) is 5.02 Å². The third kappa shape index (κ3) is 4.36. The standard InChI is InChI=1S/C12H16ClNO/c1-3-14-8-10(2)9-15-12-7-5-4-6-11(12)13/h4-7,14H,2-3,8-9H2,1H3. The minimum absolute atomic E-state index is 0.497. The van der Waals surface area contributed by atoms with Crippen LogP contribution in [0.3, 0.4) is 0 Å². The molecular weight excluding hydrogens is 210 g/mol. The summed E-state index contributed by atoms with van der Waals surface area (Å²) in [5, 5.41) is 3.82. The number of rotatable bonds is 6. The van der Waals surface area contributed by atoms with Crippen LogP contribution in [-0.4, -0.2) is 19.7 Å². The van der Waals surface area contributed by atoms with Crippen LogP contribution in [0, 0.1) is 0 Å². The second-order valence-electron chi connectivity index (χ2n) is 3.25. The van der Waals surface area contributed by atoms with E-state index < -0.39 is 0 Å². The van der Waals surface area contributed by atoms with Crippen molar-refractivity contribution in [1.82, 2.24) is 5.32 Å². The van der Waals surface area contributed by atoms with E-state index in [1.165, 1.54) is 0 Å². The van der Waals surface area contributed by atoms with Gasteiger partial charge in [0.05, 0.1) is 5.02 Å². The summed E-state index contributed by atoms with van der Waals surface area (Å²) in [6.45, 7) is 8.18. The Labute approximate surface area is 95.9 Å². The van der Waals surface area contributed by atoms with Crippen molar-refractivity contribution in [2.24, 2.45) is 0 Å². The summed E-state index contributed by atoms with van der Waals surface area (Å²) in [5.41, 5.74) is 1.01. The lowest BCUT2D eigenvalue weighted by atomic mass is 10.3. The topological polar surface area (TPSA) is 21.3 Å². The van der Waals surface area contributed by atoms with Gasteiger partial charge < -0.3 is 10.1 Å². The summed E-state index contributed by atoms with van der Waals surface area (Å²) < 4.78 is 5.52. The minimum Gasteiger partial charge on any atom is -0.488 e. The molecule has 0 saturated heterocycles. The molecule has 0 aromatic heterocycles. The zero-order chi connectivity index (χ0) is 11.1. The SMILES string of the molecule is C=C(CNCC)COc1ccccc1Cl. The molecule has 0 saturated carbocycles. The van der Waals surface area contributed by atoms with Crippen LogP contribution in [0.25, 0.3) is 0 Å². The molecule has 0 radical (unpaired) electrons. The van der Waals surface area contributed by atoms with Crippen molar-refractivity contribution < 1.29 is 4.74 Å². The molecule has 0 fully saturated rings. The maximum absolute atomic E-state index is 5.94. The highest BCUT2D eigenvalue weighted by atomic mass is 35.5. The van der Waals surface area contributed by atoms with Crippen molar-refractivity contribution in [2.45, 2.75) is 6.92 Å². The first-order valence-corrected chi connectivity index (χ1v) is 5.36. The Morgan fingerprint density at radius 1 is 1.47 bits per heavy atom. The van der Waals surface area contributed by atoms with Crippen molar-refractivity contribution in [3.05, 3.63) is 41.4 Å². The molecule has 0 unspecified atom stereocenters. The van der Waals surface area contributed by atoms with Gasteiger partial charge in [-0.2, -0.15) is 0 Å². The van der Waals surface area contributed by atoms with Crippen molar-refractivity contribution in [3.8, 4) is 5.75 Å². The second kappa shape index (κ2) is 6.49. The van der Waals surface area contributed by atoms with Crippen molar-refractivity contribution in [3.63, 3.8) is 0 Å². The van der Waals surface area contributed by atoms with Crippen LogP contribution >= 0.6 is 11.6 Å². The van der Waals surface area contributed by atoms with Gasteiger partial charge in [0.1, 0.15) is 12.4 Å². The average molecular weight is 226 g/mol. The minimum atomic E-state index is 0.497. The largest absolute Gasteiger partial charge is 0.488 e. The van der Waals surface area contributed by atoms with Crippen LogP contribution in [0.4, 0.5) is 0 Å². The van der Waals surface area contributed by atoms with E-state index in [4.69, 9.17) is 16.3 Å². The summed E-state index contributed by atoms with van der Waals surface area (Å²) in [7, 11) is 0. The summed E-state index contributed by atoms with van der Waals surface area (Å²) in [5.74, 6) is 0.705. The molecule has 1 aromatic carbocycles. The third-order valence-electron chi connectivity index (χ3n) is 1.89. The van der Waals surface area contributed by atoms with Crippen LogP contribution in [0.5, 0.6) is 5.75 Å². The van der Waals surface area contributed by atoms with Gasteiger partial charge in [0.15, 0.2) is 0 Å². The van der Waals surface area contributed by atoms with Crippen molar-refractivity contribution >= 4 is 11.6 Å². The van der Waals surface area contributed by atoms with E-state index >= 15 is 0 Å². The van der Waals surface area contributed by atoms with Gasteiger partial charge in [0, 0.05) is 6.54 Å². The maximum atomic E-state index is 5.94. The Morgan fingerprint density at radius 2 is 2.20 bits per heavy atom. The second-order valence-corrected chi connectivity index (χ2v) is 3.66. The van der Waals surface area contributed by atoms with E-state index in [-0.39, 0.29) is 0 Å². The van der Waals surface area contributed by atoms with E-state index in [1.807, 2.05) is 24.3 Å². The number of hydrogen-bond acceptors (Lipinski definition) is 2. The van der Waals surface area contributed by atoms with E-state index in [9.17, 15) is 0 Å². The summed E-state index contributed by atoms with van der Waals surface area (Å²) in [6, 6.07) is 7.43. The molecule has 0 spiro atoms. The number of para-hydroxylation sites is 1. The first-order chi connectivity index (χ1) is 7.24. The van der Waals surface area contributed by atoms with Gasteiger partial charge in [0.2, 0.25) is 0 Å². The lowest BCUT2D eigenvalue weighted by molar-refractivity contribution is 0.349. The number of hydrogen-bond donors (Lipinski definition) is 1. The van der Waals surface area contributed by atoms with Crippen LogP contribution in [0.15, 0.2) is 36.4 Å². The molecule has 0 aliphatic carbocycles. The predicted octanol–water partition coefficient (Wildman–Crippen LogP) is 2.88. The van der Waals surface area contributed by atoms with Crippen molar-refractivity contribution in [1.29, 1.82) is 0 Å². The van der Waals surface area contributed by atoms with E-state index in [0.717, 1.165) is 18.7 Å². The molecular formula is C12H16ClNO. The van der Waals surface area contributed by atoms with Crippen LogP contribution < -0.4 is 10.1 Å². The summed E-state index contributed by atoms with van der Waals surface area (Å²) in [6.07, 6.45) is 0. The zero-order valence-electron chi connectivity index (χ0n) is 8.92. The van der Waals surface area contributed by atoms with Gasteiger partial charge in [-0.15, -0.1) is 0 Å². The van der Waals surface area contributed by atoms with Gasteiger partial charge >= 0.3 is 0 Å². The third-order valence-corrected chi connectivity index (χ3v) is 2.21. The Balaban J connectivity index is 2.37. The van der Waals surface area contributed by atoms with Gasteiger partial charge in [-0.3, -0.25) is 0 Å². The lowest BCUT2D eigenvalue weighted by Gasteiger charge is -2.09. The molecule has 1 aromatic rings. The molecule has 0 bridgehead atoms. The highest BCUT2D eigenvalue weighted by Gasteiger charge is 2.00. The average Bonchev–Trinajstić information content (AvgIpc) is 2.25. The lowest BCUT2D eigenvalue weighted by Crippen LogP contribution is -2.18. The van der Waals surface area contributed by atoms with Crippen LogP contribution in [0.1, 0.15) is 6.92 Å². The Bertz CT molecular complexity index is 325. The van der Waals surface area contributed by atoms with Crippen LogP contribution in [-0.2, 0) is 0 Å². The molecule has 0 heterocycles. The molecule has 15 heavy (non-hydrogen) atoms. The van der Waals surface area contributed by atoms with Gasteiger partial charge in [0.25, 0.3) is 0 Å². The molecule has 0 aliphatic heterocycles. The molecule has 0 atom stereocenters. The summed E-state index contributed by atoms with van der Waals surface area (Å²) in [4.78, 5) is 0. The molecule has 3 heteroatoms. The number of nitrogens with one attached hydrogen (secondary N) is 1. The first-order valence-electron chi connectivity index (χ1n) is 4.98. The molecule has 1 N–H and O–H groups in total. The number of likely N-dealkylation sites (N-methyl/N-ethyl adjacent to an activating group) is 1. The van der Waals surface area contributed by atoms with Gasteiger partial charge in [-0.25, -0.2) is 0 Å². The molecule has 0 amide bonds. The monoisotopic (exact) mass is 225 g/mol. The number of benzene rings is 1. The first kappa shape index (κ1) is 12.1. The summed E-state index contributed by atoms with van der Waals surface area (Å²) >= 11 is 5.94. The zero-order valence-corrected chi connectivity index (χ0v) is 9.68. The molecule has 0 aliphatic rings. The Morgan fingerprint density at radius 3 is 2.87 bits per heavy atom. The molecule has 1 rings (SSSR count). The highest BCUT2D eigenvalue weighted by molar-refractivity contribution is 6.32. The molecule has 82 valence electrons. The van der Waals surface area contributed by atoms with E-state index in [1.54, 1.807) is 0 Å². The number of ether oxygens (including phenoxy) is 1. The fraction of sp³-hybridized carbons (Fsp3) is 0.333. The quantitative estimate of drug-likeness (QED) is 0.752. The van der Waals surface area contributed by atoms with Gasteiger partial charge in [-0.05, 0) is 24.3 Å². The number of halogens is 1. The fourth-order valence-corrected chi connectivity index (χ4v) is 1.28. The maximum Gasteiger partial charge on any atom is 0.138 e.